The van der Waals surface area contributed by atoms with Crippen molar-refractivity contribution in [2.45, 2.75) is 45.7 Å². The lowest BCUT2D eigenvalue weighted by molar-refractivity contribution is 0.363. The fourth-order valence-electron chi connectivity index (χ4n) is 2.78. The van der Waals surface area contributed by atoms with E-state index in [1.807, 2.05) is 12.5 Å². The van der Waals surface area contributed by atoms with Gasteiger partial charge in [0.2, 0.25) is 0 Å². The lowest BCUT2D eigenvalue weighted by Crippen LogP contribution is -2.19. The van der Waals surface area contributed by atoms with Crippen molar-refractivity contribution in [2.75, 3.05) is 6.54 Å². The maximum Gasteiger partial charge on any atom is 0.0948 e. The Morgan fingerprint density at radius 2 is 2.31 bits per heavy atom. The van der Waals surface area contributed by atoms with Crippen molar-refractivity contribution in [3.8, 4) is 0 Å². The van der Waals surface area contributed by atoms with Crippen molar-refractivity contribution in [1.29, 1.82) is 0 Å². The van der Waals surface area contributed by atoms with Crippen molar-refractivity contribution in [2.24, 2.45) is 11.3 Å². The molecule has 88 valence electrons. The Morgan fingerprint density at radius 3 is 2.94 bits per heavy atom. The number of rotatable bonds is 6. The van der Waals surface area contributed by atoms with Gasteiger partial charge in [-0.2, -0.15) is 0 Å². The highest BCUT2D eigenvalue weighted by molar-refractivity contribution is 5.07. The SMILES string of the molecule is CCNCc1cncn1CC1(C2CC2)CC1. The number of nitrogens with one attached hydrogen (secondary N) is 1. The van der Waals surface area contributed by atoms with Crippen LogP contribution in [0.15, 0.2) is 12.5 Å². The molecule has 0 saturated heterocycles. The lowest BCUT2D eigenvalue weighted by Gasteiger charge is -2.17. The zero-order valence-corrected chi connectivity index (χ0v) is 10.1. The molecule has 3 heteroatoms. The van der Waals surface area contributed by atoms with Gasteiger partial charge in [0.1, 0.15) is 0 Å². The number of aromatic nitrogens is 2. The van der Waals surface area contributed by atoms with Crippen LogP contribution < -0.4 is 5.32 Å². The largest absolute Gasteiger partial charge is 0.333 e. The van der Waals surface area contributed by atoms with Gasteiger partial charge < -0.3 is 9.88 Å². The number of nitrogens with zero attached hydrogens (tertiary/aromatic N) is 2. The summed E-state index contributed by atoms with van der Waals surface area (Å²) < 4.78 is 2.37. The molecule has 1 heterocycles. The lowest BCUT2D eigenvalue weighted by atomic mass is 10.0. The van der Waals surface area contributed by atoms with E-state index in [0.29, 0.717) is 5.41 Å². The standard InChI is InChI=1S/C13H21N3/c1-2-14-7-12-8-15-10-16(12)9-13(5-6-13)11-3-4-11/h8,10-11,14H,2-7,9H2,1H3. The molecule has 2 fully saturated rings. The number of hydrogen-bond acceptors (Lipinski definition) is 2. The average Bonchev–Trinajstić information content (AvgIpc) is 3.15. The van der Waals surface area contributed by atoms with Crippen LogP contribution in [-0.4, -0.2) is 16.1 Å². The molecule has 2 aliphatic rings. The van der Waals surface area contributed by atoms with Crippen LogP contribution in [0, 0.1) is 11.3 Å². The normalized spacial score (nSPS) is 22.3. The minimum Gasteiger partial charge on any atom is -0.333 e. The molecule has 2 aliphatic carbocycles. The van der Waals surface area contributed by atoms with E-state index >= 15 is 0 Å². The second-order valence-corrected chi connectivity index (χ2v) is 5.43. The topological polar surface area (TPSA) is 29.9 Å². The summed E-state index contributed by atoms with van der Waals surface area (Å²) in [7, 11) is 0. The summed E-state index contributed by atoms with van der Waals surface area (Å²) in [6.45, 7) is 5.34. The molecule has 1 aromatic heterocycles. The van der Waals surface area contributed by atoms with Gasteiger partial charge in [-0.25, -0.2) is 4.98 Å². The Balaban J connectivity index is 1.67. The molecule has 2 saturated carbocycles. The molecule has 0 aliphatic heterocycles. The fourth-order valence-corrected chi connectivity index (χ4v) is 2.78. The molecule has 0 aromatic carbocycles. The van der Waals surface area contributed by atoms with E-state index in [4.69, 9.17) is 0 Å². The van der Waals surface area contributed by atoms with Crippen LogP contribution in [0.5, 0.6) is 0 Å². The van der Waals surface area contributed by atoms with Gasteiger partial charge in [-0.15, -0.1) is 0 Å². The second kappa shape index (κ2) is 3.88. The summed E-state index contributed by atoms with van der Waals surface area (Å²) >= 11 is 0. The minimum absolute atomic E-state index is 0.668. The van der Waals surface area contributed by atoms with E-state index in [9.17, 15) is 0 Å². The van der Waals surface area contributed by atoms with Gasteiger partial charge in [-0.1, -0.05) is 6.92 Å². The molecule has 0 radical (unpaired) electrons. The molecule has 1 aromatic rings. The van der Waals surface area contributed by atoms with Gasteiger partial charge >= 0.3 is 0 Å². The fraction of sp³-hybridized carbons (Fsp3) is 0.769. The predicted molar refractivity (Wildman–Crippen MR) is 64.0 cm³/mol. The van der Waals surface area contributed by atoms with E-state index in [2.05, 4.69) is 21.8 Å². The second-order valence-electron chi connectivity index (χ2n) is 5.43. The summed E-state index contributed by atoms with van der Waals surface area (Å²) in [6.07, 6.45) is 9.84. The van der Waals surface area contributed by atoms with Crippen LogP contribution in [0.25, 0.3) is 0 Å². The minimum atomic E-state index is 0.668. The van der Waals surface area contributed by atoms with Crippen molar-refractivity contribution in [3.63, 3.8) is 0 Å². The highest BCUT2D eigenvalue weighted by atomic mass is 15.1. The molecular weight excluding hydrogens is 198 g/mol. The summed E-state index contributed by atoms with van der Waals surface area (Å²) in [5, 5.41) is 3.38. The van der Waals surface area contributed by atoms with Gasteiger partial charge in [0, 0.05) is 19.3 Å². The van der Waals surface area contributed by atoms with E-state index < -0.39 is 0 Å². The highest BCUT2D eigenvalue weighted by Gasteiger charge is 2.53. The molecule has 3 nitrogen and oxygen atoms in total. The summed E-state index contributed by atoms with van der Waals surface area (Å²) in [6, 6.07) is 0. The molecule has 0 spiro atoms. The van der Waals surface area contributed by atoms with Crippen molar-refractivity contribution in [1.82, 2.24) is 14.9 Å². The zero-order chi connectivity index (χ0) is 11.0. The first-order valence-corrected chi connectivity index (χ1v) is 6.54. The van der Waals surface area contributed by atoms with Gasteiger partial charge in [-0.3, -0.25) is 0 Å². The van der Waals surface area contributed by atoms with E-state index in [-0.39, 0.29) is 0 Å². The maximum absolute atomic E-state index is 4.29. The third-order valence-electron chi connectivity index (χ3n) is 4.18. The Morgan fingerprint density at radius 1 is 1.50 bits per heavy atom. The van der Waals surface area contributed by atoms with Crippen LogP contribution in [0.4, 0.5) is 0 Å². The first-order valence-electron chi connectivity index (χ1n) is 6.54. The Hall–Kier alpha value is -0.830. The molecule has 0 bridgehead atoms. The Kier molecular flexibility index (Phi) is 2.51. The molecule has 3 rings (SSSR count). The van der Waals surface area contributed by atoms with E-state index in [1.165, 1.54) is 37.9 Å². The Bertz CT molecular complexity index is 361. The molecular formula is C13H21N3. The first-order chi connectivity index (χ1) is 7.84. The van der Waals surface area contributed by atoms with E-state index in [0.717, 1.165) is 19.0 Å². The zero-order valence-electron chi connectivity index (χ0n) is 10.1. The van der Waals surface area contributed by atoms with Crippen molar-refractivity contribution < 1.29 is 0 Å². The van der Waals surface area contributed by atoms with Crippen LogP contribution in [-0.2, 0) is 13.1 Å². The molecule has 0 unspecified atom stereocenters. The smallest absolute Gasteiger partial charge is 0.0948 e. The third kappa shape index (κ3) is 1.88. The average molecular weight is 219 g/mol. The van der Waals surface area contributed by atoms with Crippen molar-refractivity contribution in [3.05, 3.63) is 18.2 Å². The molecule has 1 N–H and O–H groups in total. The quantitative estimate of drug-likeness (QED) is 0.794. The number of imidazole rings is 1. The van der Waals surface area contributed by atoms with Crippen LogP contribution in [0.1, 0.15) is 38.3 Å². The van der Waals surface area contributed by atoms with Crippen LogP contribution in [0.3, 0.4) is 0 Å². The molecule has 0 amide bonds. The van der Waals surface area contributed by atoms with Crippen LogP contribution >= 0.6 is 0 Å². The van der Waals surface area contributed by atoms with Gasteiger partial charge in [0.05, 0.1) is 12.0 Å². The third-order valence-corrected chi connectivity index (χ3v) is 4.18. The van der Waals surface area contributed by atoms with Gasteiger partial charge in [0.15, 0.2) is 0 Å². The van der Waals surface area contributed by atoms with Gasteiger partial charge in [-0.05, 0) is 43.6 Å². The Labute approximate surface area is 97.3 Å². The van der Waals surface area contributed by atoms with Gasteiger partial charge in [0.25, 0.3) is 0 Å². The highest BCUT2D eigenvalue weighted by Crippen LogP contribution is 2.62. The predicted octanol–water partition coefficient (Wildman–Crippen LogP) is 2.18. The van der Waals surface area contributed by atoms with E-state index in [1.54, 1.807) is 0 Å². The summed E-state index contributed by atoms with van der Waals surface area (Å²) in [5.74, 6) is 1.03. The molecule has 16 heavy (non-hydrogen) atoms. The molecule has 0 atom stereocenters. The maximum atomic E-state index is 4.29. The van der Waals surface area contributed by atoms with Crippen LogP contribution in [0.2, 0.25) is 0 Å². The first kappa shape index (κ1) is 10.3. The summed E-state index contributed by atoms with van der Waals surface area (Å²) in [5.41, 5.74) is 2.01. The summed E-state index contributed by atoms with van der Waals surface area (Å²) in [4.78, 5) is 4.29. The van der Waals surface area contributed by atoms with Crippen molar-refractivity contribution >= 4 is 0 Å². The monoisotopic (exact) mass is 219 g/mol. The number of hydrogen-bond donors (Lipinski definition) is 1.